The maximum absolute atomic E-state index is 12.3. The lowest BCUT2D eigenvalue weighted by atomic mass is 9.97. The summed E-state index contributed by atoms with van der Waals surface area (Å²) < 4.78 is 4.89. The summed E-state index contributed by atoms with van der Waals surface area (Å²) in [5, 5.41) is 11.0. The fourth-order valence-electron chi connectivity index (χ4n) is 2.37. The van der Waals surface area contributed by atoms with Crippen molar-refractivity contribution in [1.29, 1.82) is 0 Å². The molecule has 3 rings (SSSR count). The first-order valence-electron chi connectivity index (χ1n) is 5.96. The summed E-state index contributed by atoms with van der Waals surface area (Å²) in [4.78, 5) is 46.9. The lowest BCUT2D eigenvalue weighted by molar-refractivity contribution is -0.385. The van der Waals surface area contributed by atoms with Crippen LogP contribution in [-0.2, 0) is 0 Å². The maximum Gasteiger partial charge on any atom is 0.280 e. The number of rotatable bonds is 3. The topological polar surface area (TPSA) is 107 Å². The van der Waals surface area contributed by atoms with Crippen molar-refractivity contribution in [3.8, 4) is 0 Å². The van der Waals surface area contributed by atoms with E-state index in [0.29, 0.717) is 0 Å². The Morgan fingerprint density at radius 3 is 2.52 bits per heavy atom. The Labute approximate surface area is 117 Å². The second-order valence-electron chi connectivity index (χ2n) is 4.46. The molecule has 0 fully saturated rings. The van der Waals surface area contributed by atoms with Crippen LogP contribution in [0.1, 0.15) is 31.3 Å². The molecule has 0 radical (unpaired) electrons. The van der Waals surface area contributed by atoms with Crippen molar-refractivity contribution in [3.63, 3.8) is 0 Å². The standard InChI is InChI=1S/C14H7NO6/c16-12-7-3-1-4-8(15(19)20)10(7)14(18)11(12)13(17)9-5-2-6-21-9/h1-6,11H. The number of carbonyl (C=O) groups excluding carboxylic acids is 3. The molecule has 0 spiro atoms. The zero-order valence-corrected chi connectivity index (χ0v) is 10.4. The first-order chi connectivity index (χ1) is 10.0. The molecule has 0 bridgehead atoms. The number of furan rings is 1. The number of nitro groups is 1. The number of hydrogen-bond acceptors (Lipinski definition) is 6. The third kappa shape index (κ3) is 1.78. The molecule has 1 unspecified atom stereocenters. The van der Waals surface area contributed by atoms with Crippen LogP contribution in [0.3, 0.4) is 0 Å². The normalized spacial score (nSPS) is 16.9. The van der Waals surface area contributed by atoms with Gasteiger partial charge in [-0.25, -0.2) is 0 Å². The van der Waals surface area contributed by atoms with Crippen molar-refractivity contribution in [3.05, 3.63) is 63.6 Å². The van der Waals surface area contributed by atoms with Crippen LogP contribution in [0.25, 0.3) is 0 Å². The minimum Gasteiger partial charge on any atom is -0.461 e. The first kappa shape index (κ1) is 12.9. The highest BCUT2D eigenvalue weighted by atomic mass is 16.6. The van der Waals surface area contributed by atoms with E-state index in [0.717, 1.165) is 6.07 Å². The Kier molecular flexibility index (Phi) is 2.76. The van der Waals surface area contributed by atoms with E-state index in [4.69, 9.17) is 4.42 Å². The van der Waals surface area contributed by atoms with E-state index in [1.807, 2.05) is 0 Å². The summed E-state index contributed by atoms with van der Waals surface area (Å²) in [5.74, 6) is -4.12. The molecule has 104 valence electrons. The smallest absolute Gasteiger partial charge is 0.280 e. The largest absolute Gasteiger partial charge is 0.461 e. The second kappa shape index (κ2) is 4.48. The fraction of sp³-hybridized carbons (Fsp3) is 0.0714. The van der Waals surface area contributed by atoms with Gasteiger partial charge in [-0.15, -0.1) is 0 Å². The van der Waals surface area contributed by atoms with Gasteiger partial charge in [-0.05, 0) is 12.1 Å². The van der Waals surface area contributed by atoms with Gasteiger partial charge in [0.2, 0.25) is 5.78 Å². The van der Waals surface area contributed by atoms with Gasteiger partial charge < -0.3 is 4.42 Å². The molecule has 2 aromatic rings. The quantitative estimate of drug-likeness (QED) is 0.369. The van der Waals surface area contributed by atoms with Crippen LogP contribution in [0.4, 0.5) is 5.69 Å². The summed E-state index contributed by atoms with van der Waals surface area (Å²) in [6, 6.07) is 6.52. The molecule has 1 heterocycles. The minimum atomic E-state index is -1.60. The van der Waals surface area contributed by atoms with Crippen molar-refractivity contribution < 1.29 is 23.7 Å². The van der Waals surface area contributed by atoms with E-state index in [-0.39, 0.29) is 16.9 Å². The molecule has 1 aliphatic carbocycles. The van der Waals surface area contributed by atoms with E-state index < -0.39 is 33.9 Å². The average molecular weight is 285 g/mol. The number of hydrogen-bond donors (Lipinski definition) is 0. The highest BCUT2D eigenvalue weighted by Crippen LogP contribution is 2.35. The van der Waals surface area contributed by atoms with Gasteiger partial charge in [0.05, 0.1) is 11.2 Å². The Hall–Kier alpha value is -3.09. The lowest BCUT2D eigenvalue weighted by Crippen LogP contribution is -2.25. The molecular weight excluding hydrogens is 278 g/mol. The summed E-state index contributed by atoms with van der Waals surface area (Å²) in [6.45, 7) is 0. The zero-order chi connectivity index (χ0) is 15.1. The Bertz CT molecular complexity index is 790. The zero-order valence-electron chi connectivity index (χ0n) is 10.4. The molecule has 0 amide bonds. The number of nitrogens with zero attached hydrogens (tertiary/aromatic N) is 1. The van der Waals surface area contributed by atoms with Gasteiger partial charge in [0.15, 0.2) is 23.2 Å². The van der Waals surface area contributed by atoms with Crippen LogP contribution in [-0.4, -0.2) is 22.3 Å². The number of carbonyl (C=O) groups is 3. The molecule has 21 heavy (non-hydrogen) atoms. The van der Waals surface area contributed by atoms with Crippen LogP contribution in [0.2, 0.25) is 0 Å². The summed E-state index contributed by atoms with van der Waals surface area (Å²) in [6.07, 6.45) is 1.24. The minimum absolute atomic E-state index is 0.0980. The first-order valence-corrected chi connectivity index (χ1v) is 5.96. The van der Waals surface area contributed by atoms with Gasteiger partial charge in [0.1, 0.15) is 5.56 Å². The molecule has 7 nitrogen and oxygen atoms in total. The van der Waals surface area contributed by atoms with E-state index in [1.165, 1.54) is 30.5 Å². The predicted molar refractivity (Wildman–Crippen MR) is 68.3 cm³/mol. The Morgan fingerprint density at radius 2 is 1.90 bits per heavy atom. The summed E-state index contributed by atoms with van der Waals surface area (Å²) >= 11 is 0. The number of Topliss-reactive ketones (excluding diaryl/α,β-unsaturated/α-hetero) is 3. The van der Waals surface area contributed by atoms with E-state index >= 15 is 0 Å². The molecule has 7 heteroatoms. The van der Waals surface area contributed by atoms with Crippen molar-refractivity contribution in [1.82, 2.24) is 0 Å². The molecule has 1 aromatic carbocycles. The molecule has 0 N–H and O–H groups in total. The van der Waals surface area contributed by atoms with Gasteiger partial charge in [-0.1, -0.05) is 12.1 Å². The highest BCUT2D eigenvalue weighted by molar-refractivity contribution is 6.38. The van der Waals surface area contributed by atoms with E-state index in [1.54, 1.807) is 0 Å². The van der Waals surface area contributed by atoms with Gasteiger partial charge in [-0.2, -0.15) is 0 Å². The molecule has 0 saturated carbocycles. The van der Waals surface area contributed by atoms with Crippen LogP contribution >= 0.6 is 0 Å². The average Bonchev–Trinajstić information content (AvgIpc) is 3.07. The number of nitro benzene ring substituents is 1. The van der Waals surface area contributed by atoms with Crippen LogP contribution in [0.5, 0.6) is 0 Å². The lowest BCUT2D eigenvalue weighted by Gasteiger charge is -2.02. The van der Waals surface area contributed by atoms with Crippen molar-refractivity contribution in [2.45, 2.75) is 0 Å². The second-order valence-corrected chi connectivity index (χ2v) is 4.46. The molecule has 1 aliphatic rings. The summed E-state index contributed by atoms with van der Waals surface area (Å²) in [5.41, 5.74) is -0.878. The van der Waals surface area contributed by atoms with Crippen molar-refractivity contribution in [2.24, 2.45) is 5.92 Å². The number of ketones is 3. The third-order valence-corrected chi connectivity index (χ3v) is 3.30. The third-order valence-electron chi connectivity index (χ3n) is 3.30. The van der Waals surface area contributed by atoms with Crippen LogP contribution in [0.15, 0.2) is 41.0 Å². The Morgan fingerprint density at radius 1 is 1.14 bits per heavy atom. The number of fused-ring (bicyclic) bond motifs is 1. The van der Waals surface area contributed by atoms with Gasteiger partial charge >= 0.3 is 0 Å². The molecule has 0 aliphatic heterocycles. The van der Waals surface area contributed by atoms with Crippen LogP contribution in [0, 0.1) is 16.0 Å². The summed E-state index contributed by atoms with van der Waals surface area (Å²) in [7, 11) is 0. The molecular formula is C14H7NO6. The molecule has 0 saturated heterocycles. The molecule has 1 aromatic heterocycles. The van der Waals surface area contributed by atoms with E-state index in [9.17, 15) is 24.5 Å². The molecule has 1 atom stereocenters. The van der Waals surface area contributed by atoms with Gasteiger partial charge in [0, 0.05) is 11.6 Å². The highest BCUT2D eigenvalue weighted by Gasteiger charge is 2.47. The van der Waals surface area contributed by atoms with Crippen molar-refractivity contribution >= 4 is 23.0 Å². The SMILES string of the molecule is O=C(c1ccco1)C1C(=O)c2cccc([N+](=O)[O-])c2C1=O. The van der Waals surface area contributed by atoms with Crippen LogP contribution < -0.4 is 0 Å². The van der Waals surface area contributed by atoms with Crippen molar-refractivity contribution in [2.75, 3.05) is 0 Å². The number of benzene rings is 1. The van der Waals surface area contributed by atoms with E-state index in [2.05, 4.69) is 0 Å². The predicted octanol–water partition coefficient (Wildman–Crippen LogP) is 2.07. The van der Waals surface area contributed by atoms with Gasteiger partial charge in [0.25, 0.3) is 5.69 Å². The Balaban J connectivity index is 2.11. The van der Waals surface area contributed by atoms with Gasteiger partial charge in [-0.3, -0.25) is 24.5 Å². The maximum atomic E-state index is 12.3. The fourth-order valence-corrected chi connectivity index (χ4v) is 2.37. The monoisotopic (exact) mass is 285 g/mol.